The van der Waals surface area contributed by atoms with Gasteiger partial charge in [0, 0.05) is 25.7 Å². The van der Waals surface area contributed by atoms with E-state index in [-0.39, 0.29) is 18.8 Å². The lowest BCUT2D eigenvalue weighted by atomic mass is 10.1. The van der Waals surface area contributed by atoms with Crippen molar-refractivity contribution < 1.29 is 12.9 Å². The van der Waals surface area contributed by atoms with E-state index in [9.17, 15) is 8.42 Å². The van der Waals surface area contributed by atoms with Gasteiger partial charge < -0.3 is 15.2 Å². The normalized spacial score (nSPS) is 12.4. The van der Waals surface area contributed by atoms with Gasteiger partial charge in [0.05, 0.1) is 11.4 Å². The number of hydrogen-bond donors (Lipinski definition) is 3. The topological polar surface area (TPSA) is 109 Å². The zero-order valence-electron chi connectivity index (χ0n) is 16.6. The maximum atomic E-state index is 12.2. The summed E-state index contributed by atoms with van der Waals surface area (Å²) < 4.78 is 32.2. The first-order valence-corrected chi connectivity index (χ1v) is 11.0. The molecule has 2 rings (SSSR count). The van der Waals surface area contributed by atoms with Gasteiger partial charge >= 0.3 is 0 Å². The van der Waals surface area contributed by atoms with Crippen molar-refractivity contribution in [1.29, 1.82) is 0 Å². The molecular weight excluding hydrogens is 378 g/mol. The van der Waals surface area contributed by atoms with Crippen LogP contribution in [0.3, 0.4) is 0 Å². The van der Waals surface area contributed by atoms with Crippen LogP contribution >= 0.6 is 0 Å². The molecule has 3 N–H and O–H groups in total. The minimum Gasteiger partial charge on any atom is -0.359 e. The minimum absolute atomic E-state index is 0.0515. The fraction of sp³-hybridized carbons (Fsp3) is 0.474. The second kappa shape index (κ2) is 10.8. The molecule has 1 aromatic carbocycles. The smallest absolute Gasteiger partial charge is 0.213 e. The Balaban J connectivity index is 1.82. The van der Waals surface area contributed by atoms with Crippen LogP contribution in [0.5, 0.6) is 0 Å². The van der Waals surface area contributed by atoms with Gasteiger partial charge in [-0.1, -0.05) is 49.3 Å². The van der Waals surface area contributed by atoms with Gasteiger partial charge in [-0.05, 0) is 18.4 Å². The van der Waals surface area contributed by atoms with Crippen LogP contribution in [0.2, 0.25) is 0 Å². The molecule has 0 spiro atoms. The molecule has 0 fully saturated rings. The molecule has 1 aromatic heterocycles. The fourth-order valence-corrected chi connectivity index (χ4v) is 3.24. The molecule has 0 radical (unpaired) electrons. The van der Waals surface area contributed by atoms with Crippen molar-refractivity contribution in [2.45, 2.75) is 39.8 Å². The van der Waals surface area contributed by atoms with Crippen LogP contribution in [0, 0.1) is 0 Å². The van der Waals surface area contributed by atoms with Crippen LogP contribution in [-0.4, -0.2) is 38.4 Å². The van der Waals surface area contributed by atoms with Gasteiger partial charge in [0.2, 0.25) is 10.0 Å². The van der Waals surface area contributed by atoms with Gasteiger partial charge in [0.1, 0.15) is 6.54 Å². The Morgan fingerprint density at radius 1 is 1.21 bits per heavy atom. The first kappa shape index (κ1) is 21.9. The molecule has 0 aliphatic carbocycles. The highest BCUT2D eigenvalue weighted by Gasteiger charge is 2.11. The second-order valence-electron chi connectivity index (χ2n) is 6.62. The van der Waals surface area contributed by atoms with Crippen molar-refractivity contribution in [3.8, 4) is 0 Å². The Bertz CT molecular complexity index is 847. The van der Waals surface area contributed by atoms with Crippen molar-refractivity contribution in [3.05, 3.63) is 53.4 Å². The van der Waals surface area contributed by atoms with Crippen LogP contribution in [0.4, 0.5) is 0 Å². The Morgan fingerprint density at radius 3 is 2.61 bits per heavy atom. The number of aromatic nitrogens is 1. The lowest BCUT2D eigenvalue weighted by Gasteiger charge is -2.11. The van der Waals surface area contributed by atoms with E-state index in [0.717, 1.165) is 11.3 Å². The van der Waals surface area contributed by atoms with Crippen molar-refractivity contribution in [2.24, 2.45) is 4.99 Å². The molecule has 0 unspecified atom stereocenters. The first-order chi connectivity index (χ1) is 13.4. The van der Waals surface area contributed by atoms with E-state index in [4.69, 9.17) is 4.52 Å². The predicted molar refractivity (Wildman–Crippen MR) is 110 cm³/mol. The van der Waals surface area contributed by atoms with Crippen molar-refractivity contribution in [1.82, 2.24) is 20.5 Å². The van der Waals surface area contributed by atoms with Gasteiger partial charge in [0.15, 0.2) is 11.7 Å². The standard InChI is InChI=1S/C19H29N5O3S/c1-4-20-19(22-14-17-12-18(15(2)3)24-27-17)21-10-11-28(25,26)23-13-16-8-6-5-7-9-16/h5-9,12,15,23H,4,10-11,13-14H2,1-3H3,(H2,20,21,22). The van der Waals surface area contributed by atoms with Gasteiger partial charge in [-0.15, -0.1) is 0 Å². The van der Waals surface area contributed by atoms with Crippen LogP contribution in [0.15, 0.2) is 45.9 Å². The van der Waals surface area contributed by atoms with E-state index in [2.05, 4.69) is 25.5 Å². The van der Waals surface area contributed by atoms with E-state index in [1.807, 2.05) is 57.2 Å². The van der Waals surface area contributed by atoms with Gasteiger partial charge in [-0.25, -0.2) is 18.1 Å². The average Bonchev–Trinajstić information content (AvgIpc) is 3.15. The maximum absolute atomic E-state index is 12.2. The summed E-state index contributed by atoms with van der Waals surface area (Å²) >= 11 is 0. The molecule has 0 saturated heterocycles. The summed E-state index contributed by atoms with van der Waals surface area (Å²) in [6.07, 6.45) is 0. The monoisotopic (exact) mass is 407 g/mol. The predicted octanol–water partition coefficient (Wildman–Crippen LogP) is 1.97. The molecule has 0 aliphatic heterocycles. The van der Waals surface area contributed by atoms with Crippen LogP contribution < -0.4 is 15.4 Å². The third-order valence-electron chi connectivity index (χ3n) is 3.91. The maximum Gasteiger partial charge on any atom is 0.213 e. The molecular formula is C19H29N5O3S. The summed E-state index contributed by atoms with van der Waals surface area (Å²) in [4.78, 5) is 4.41. The Morgan fingerprint density at radius 2 is 1.96 bits per heavy atom. The van der Waals surface area contributed by atoms with Crippen molar-refractivity contribution in [3.63, 3.8) is 0 Å². The lowest BCUT2D eigenvalue weighted by Crippen LogP contribution is -2.41. The van der Waals surface area contributed by atoms with E-state index in [1.165, 1.54) is 0 Å². The number of nitrogens with zero attached hydrogens (tertiary/aromatic N) is 2. The van der Waals surface area contributed by atoms with E-state index >= 15 is 0 Å². The summed E-state index contributed by atoms with van der Waals surface area (Å²) in [6, 6.07) is 11.3. The fourth-order valence-electron chi connectivity index (χ4n) is 2.34. The largest absolute Gasteiger partial charge is 0.359 e. The number of rotatable bonds is 10. The summed E-state index contributed by atoms with van der Waals surface area (Å²) in [7, 11) is -3.39. The van der Waals surface area contributed by atoms with E-state index < -0.39 is 10.0 Å². The van der Waals surface area contributed by atoms with Crippen molar-refractivity contribution >= 4 is 16.0 Å². The van der Waals surface area contributed by atoms with E-state index in [0.29, 0.717) is 30.7 Å². The Hall–Kier alpha value is -2.39. The zero-order chi connectivity index (χ0) is 20.4. The molecule has 0 atom stereocenters. The number of guanidine groups is 1. The number of hydrogen-bond acceptors (Lipinski definition) is 5. The quantitative estimate of drug-likeness (QED) is 0.410. The number of sulfonamides is 1. The van der Waals surface area contributed by atoms with Crippen LogP contribution in [0.25, 0.3) is 0 Å². The summed E-state index contributed by atoms with van der Waals surface area (Å²) in [5, 5.41) is 10.1. The molecule has 1 heterocycles. The summed E-state index contributed by atoms with van der Waals surface area (Å²) in [6.45, 7) is 7.55. The van der Waals surface area contributed by atoms with Gasteiger partial charge in [-0.2, -0.15) is 0 Å². The first-order valence-electron chi connectivity index (χ1n) is 9.38. The summed E-state index contributed by atoms with van der Waals surface area (Å²) in [5.74, 6) is 1.44. The molecule has 0 amide bonds. The average molecular weight is 408 g/mol. The molecule has 0 saturated carbocycles. The highest BCUT2D eigenvalue weighted by atomic mass is 32.2. The SMILES string of the molecule is CCNC(=NCc1cc(C(C)C)no1)NCCS(=O)(=O)NCc1ccccc1. The number of aliphatic imine (C=N–C) groups is 1. The minimum atomic E-state index is -3.39. The molecule has 0 aliphatic rings. The third kappa shape index (κ3) is 7.69. The molecule has 28 heavy (non-hydrogen) atoms. The van der Waals surface area contributed by atoms with Crippen LogP contribution in [0.1, 0.15) is 43.7 Å². The second-order valence-corrected chi connectivity index (χ2v) is 8.55. The Labute approximate surface area is 166 Å². The van der Waals surface area contributed by atoms with Crippen molar-refractivity contribution in [2.75, 3.05) is 18.8 Å². The van der Waals surface area contributed by atoms with E-state index in [1.54, 1.807) is 0 Å². The molecule has 154 valence electrons. The highest BCUT2D eigenvalue weighted by Crippen LogP contribution is 2.14. The van der Waals surface area contributed by atoms with Gasteiger partial charge in [0.25, 0.3) is 0 Å². The highest BCUT2D eigenvalue weighted by molar-refractivity contribution is 7.89. The molecule has 2 aromatic rings. The molecule has 9 heteroatoms. The summed E-state index contributed by atoms with van der Waals surface area (Å²) in [5.41, 5.74) is 1.81. The Kier molecular flexibility index (Phi) is 8.46. The van der Waals surface area contributed by atoms with Crippen LogP contribution in [-0.2, 0) is 23.1 Å². The molecule has 8 nitrogen and oxygen atoms in total. The third-order valence-corrected chi connectivity index (χ3v) is 5.23. The van der Waals surface area contributed by atoms with Gasteiger partial charge in [-0.3, -0.25) is 0 Å². The zero-order valence-corrected chi connectivity index (χ0v) is 17.4. The number of nitrogens with one attached hydrogen (secondary N) is 3. The molecule has 0 bridgehead atoms. The lowest BCUT2D eigenvalue weighted by molar-refractivity contribution is 0.376. The number of benzene rings is 1.